The minimum atomic E-state index is 0.106. The summed E-state index contributed by atoms with van der Waals surface area (Å²) in [6.07, 6.45) is 10.8. The Morgan fingerprint density at radius 3 is 2.78 bits per heavy atom. The summed E-state index contributed by atoms with van der Waals surface area (Å²) in [5.74, 6) is 1.76. The zero-order chi connectivity index (χ0) is 18.3. The van der Waals surface area contributed by atoms with Gasteiger partial charge in [-0.2, -0.15) is 0 Å². The molecule has 1 atom stereocenters. The van der Waals surface area contributed by atoms with Gasteiger partial charge in [0.05, 0.1) is 12.1 Å². The Morgan fingerprint density at radius 2 is 1.96 bits per heavy atom. The van der Waals surface area contributed by atoms with Crippen molar-refractivity contribution in [3.8, 4) is 5.75 Å². The summed E-state index contributed by atoms with van der Waals surface area (Å²) in [7, 11) is 0. The topological polar surface area (TPSA) is 68.3 Å². The second-order valence-electron chi connectivity index (χ2n) is 7.60. The van der Waals surface area contributed by atoms with E-state index in [0.717, 1.165) is 42.2 Å². The molecule has 4 rings (SSSR count). The molecule has 6 heteroatoms. The summed E-state index contributed by atoms with van der Waals surface area (Å²) in [5.41, 5.74) is 0.946. The van der Waals surface area contributed by atoms with Gasteiger partial charge in [-0.3, -0.25) is 0 Å². The highest BCUT2D eigenvalue weighted by molar-refractivity contribution is 5.90. The molecule has 1 aliphatic carbocycles. The maximum absolute atomic E-state index is 5.99. The lowest BCUT2D eigenvalue weighted by atomic mass is 9.96. The molecule has 0 spiro atoms. The van der Waals surface area contributed by atoms with Gasteiger partial charge in [-0.1, -0.05) is 32.1 Å². The molecule has 1 saturated heterocycles. The monoisotopic (exact) mass is 370 g/mol. The highest BCUT2D eigenvalue weighted by atomic mass is 16.5. The number of anilines is 1. The van der Waals surface area contributed by atoms with Crippen molar-refractivity contribution >= 4 is 16.7 Å². The van der Waals surface area contributed by atoms with Crippen LogP contribution in [0, 0.1) is 0 Å². The Balaban J connectivity index is 1.46. The van der Waals surface area contributed by atoms with Crippen molar-refractivity contribution in [1.82, 2.24) is 15.3 Å². The first kappa shape index (κ1) is 18.4. The van der Waals surface area contributed by atoms with Gasteiger partial charge in [-0.15, -0.1) is 0 Å². The van der Waals surface area contributed by atoms with Crippen LogP contribution in [0.3, 0.4) is 0 Å². The third-order valence-electron chi connectivity index (χ3n) is 5.49. The Kier molecular flexibility index (Phi) is 6.37. The highest BCUT2D eigenvalue weighted by Gasteiger charge is 2.16. The van der Waals surface area contributed by atoms with Crippen LogP contribution in [0.15, 0.2) is 24.5 Å². The number of aromatic nitrogens is 2. The number of rotatable bonds is 5. The van der Waals surface area contributed by atoms with E-state index in [-0.39, 0.29) is 6.10 Å². The lowest BCUT2D eigenvalue weighted by molar-refractivity contribution is 0.000223. The van der Waals surface area contributed by atoms with Gasteiger partial charge in [0, 0.05) is 24.5 Å². The average molecular weight is 370 g/mol. The summed E-state index contributed by atoms with van der Waals surface area (Å²) in [4.78, 5) is 8.95. The second kappa shape index (κ2) is 9.33. The van der Waals surface area contributed by atoms with Gasteiger partial charge >= 0.3 is 0 Å². The summed E-state index contributed by atoms with van der Waals surface area (Å²) in [6, 6.07) is 6.53. The summed E-state index contributed by atoms with van der Waals surface area (Å²) < 4.78 is 11.7. The summed E-state index contributed by atoms with van der Waals surface area (Å²) >= 11 is 0. The Morgan fingerprint density at radius 1 is 1.11 bits per heavy atom. The number of ether oxygens (including phenoxy) is 2. The minimum absolute atomic E-state index is 0.106. The van der Waals surface area contributed by atoms with E-state index in [9.17, 15) is 0 Å². The molecule has 146 valence electrons. The van der Waals surface area contributed by atoms with Crippen molar-refractivity contribution in [3.05, 3.63) is 24.5 Å². The quantitative estimate of drug-likeness (QED) is 0.839. The molecule has 0 radical (unpaired) electrons. The van der Waals surface area contributed by atoms with E-state index < -0.39 is 0 Å². The van der Waals surface area contributed by atoms with E-state index in [1.54, 1.807) is 6.33 Å². The Hall–Kier alpha value is -1.92. The van der Waals surface area contributed by atoms with Crippen LogP contribution >= 0.6 is 0 Å². The average Bonchev–Trinajstić information content (AvgIpc) is 2.69. The molecule has 0 bridgehead atoms. The van der Waals surface area contributed by atoms with Crippen LogP contribution in [-0.2, 0) is 4.74 Å². The second-order valence-corrected chi connectivity index (χ2v) is 7.60. The van der Waals surface area contributed by atoms with E-state index in [1.165, 1.54) is 44.9 Å². The number of nitrogens with one attached hydrogen (secondary N) is 2. The van der Waals surface area contributed by atoms with Gasteiger partial charge in [-0.05, 0) is 31.0 Å². The first-order valence-corrected chi connectivity index (χ1v) is 10.3. The first-order valence-electron chi connectivity index (χ1n) is 10.3. The molecule has 1 aliphatic heterocycles. The molecule has 1 saturated carbocycles. The van der Waals surface area contributed by atoms with Gasteiger partial charge in [-0.25, -0.2) is 9.97 Å². The molecule has 1 unspecified atom stereocenters. The number of morpholine rings is 1. The zero-order valence-corrected chi connectivity index (χ0v) is 16.0. The van der Waals surface area contributed by atoms with Crippen molar-refractivity contribution in [3.63, 3.8) is 0 Å². The number of hydrogen-bond donors (Lipinski definition) is 2. The lowest BCUT2D eigenvalue weighted by Crippen LogP contribution is -2.41. The van der Waals surface area contributed by atoms with Crippen LogP contribution in [0.5, 0.6) is 5.75 Å². The highest BCUT2D eigenvalue weighted by Crippen LogP contribution is 2.27. The zero-order valence-electron chi connectivity index (χ0n) is 16.0. The molecule has 2 N–H and O–H groups in total. The van der Waals surface area contributed by atoms with E-state index >= 15 is 0 Å². The molecular weight excluding hydrogens is 340 g/mol. The third-order valence-corrected chi connectivity index (χ3v) is 5.49. The minimum Gasteiger partial charge on any atom is -0.491 e. The smallest absolute Gasteiger partial charge is 0.137 e. The van der Waals surface area contributed by atoms with Crippen LogP contribution in [-0.4, -0.2) is 48.4 Å². The fraction of sp³-hybridized carbons (Fsp3) is 0.619. The van der Waals surface area contributed by atoms with Gasteiger partial charge in [0.25, 0.3) is 0 Å². The van der Waals surface area contributed by atoms with Crippen molar-refractivity contribution in [1.29, 1.82) is 0 Å². The van der Waals surface area contributed by atoms with Gasteiger partial charge in [0.2, 0.25) is 0 Å². The van der Waals surface area contributed by atoms with Crippen molar-refractivity contribution < 1.29 is 9.47 Å². The van der Waals surface area contributed by atoms with Gasteiger partial charge in [0.1, 0.15) is 30.6 Å². The first-order chi connectivity index (χ1) is 13.4. The molecule has 1 aromatic heterocycles. The number of fused-ring (bicyclic) bond motifs is 1. The van der Waals surface area contributed by atoms with Crippen molar-refractivity contribution in [2.24, 2.45) is 0 Å². The number of hydrogen-bond acceptors (Lipinski definition) is 6. The van der Waals surface area contributed by atoms with Gasteiger partial charge < -0.3 is 20.1 Å². The molecule has 0 amide bonds. The number of benzene rings is 1. The van der Waals surface area contributed by atoms with E-state index in [0.29, 0.717) is 12.6 Å². The summed E-state index contributed by atoms with van der Waals surface area (Å²) in [5, 5.41) is 8.04. The standard InChI is InChI=1S/C21H30N4O2/c1-2-4-6-16(7-5-3-1)25-21-19-12-17(8-9-20(19)23-15-24-21)27-14-18-13-22-10-11-26-18/h8-9,12,15-16,18,22H,1-7,10-11,13-14H2,(H,23,24,25). The van der Waals surface area contributed by atoms with Crippen LogP contribution in [0.25, 0.3) is 10.9 Å². The normalized spacial score (nSPS) is 22.1. The maximum atomic E-state index is 5.99. The SMILES string of the molecule is c1nc(NC2CCCCCCC2)c2cc(OCC3CNCCO3)ccc2n1. The molecule has 2 heterocycles. The Labute approximate surface area is 161 Å². The van der Waals surface area contributed by atoms with Crippen molar-refractivity contribution in [2.45, 2.75) is 57.1 Å². The predicted octanol–water partition coefficient (Wildman–Crippen LogP) is 3.52. The molecule has 2 aliphatic rings. The van der Waals surface area contributed by atoms with E-state index in [2.05, 4.69) is 26.7 Å². The van der Waals surface area contributed by atoms with Crippen LogP contribution < -0.4 is 15.4 Å². The van der Waals surface area contributed by atoms with E-state index in [1.807, 2.05) is 12.1 Å². The largest absolute Gasteiger partial charge is 0.491 e. The third kappa shape index (κ3) is 5.08. The van der Waals surface area contributed by atoms with E-state index in [4.69, 9.17) is 9.47 Å². The molecule has 1 aromatic carbocycles. The summed E-state index contributed by atoms with van der Waals surface area (Å²) in [6.45, 7) is 3.05. The molecule has 6 nitrogen and oxygen atoms in total. The predicted molar refractivity (Wildman–Crippen MR) is 107 cm³/mol. The number of nitrogens with zero attached hydrogens (tertiary/aromatic N) is 2. The van der Waals surface area contributed by atoms with Crippen LogP contribution in [0.1, 0.15) is 44.9 Å². The Bertz CT molecular complexity index is 725. The molecule has 27 heavy (non-hydrogen) atoms. The maximum Gasteiger partial charge on any atom is 0.137 e. The van der Waals surface area contributed by atoms with Crippen LogP contribution in [0.4, 0.5) is 5.82 Å². The molecule has 2 aromatic rings. The van der Waals surface area contributed by atoms with Crippen LogP contribution in [0.2, 0.25) is 0 Å². The lowest BCUT2D eigenvalue weighted by Gasteiger charge is -2.24. The fourth-order valence-corrected chi connectivity index (χ4v) is 3.95. The van der Waals surface area contributed by atoms with Gasteiger partial charge in [0.15, 0.2) is 0 Å². The molecule has 2 fully saturated rings. The van der Waals surface area contributed by atoms with Crippen molar-refractivity contribution in [2.75, 3.05) is 31.6 Å². The fourth-order valence-electron chi connectivity index (χ4n) is 3.95. The molecular formula is C21H30N4O2.